The van der Waals surface area contributed by atoms with Gasteiger partial charge in [-0.1, -0.05) is 41.5 Å². The number of esters is 2. The summed E-state index contributed by atoms with van der Waals surface area (Å²) in [5.74, 6) is -0.183. The van der Waals surface area contributed by atoms with E-state index in [9.17, 15) is 9.59 Å². The molecular formula is C17H32O4. The summed E-state index contributed by atoms with van der Waals surface area (Å²) in [7, 11) is 0. The molecule has 0 aromatic carbocycles. The third kappa shape index (κ3) is 8.74. The van der Waals surface area contributed by atoms with Gasteiger partial charge in [-0.3, -0.25) is 9.59 Å². The maximum Gasteiger partial charge on any atom is 0.308 e. The Hall–Kier alpha value is -1.06. The molecule has 0 bridgehead atoms. The van der Waals surface area contributed by atoms with Crippen molar-refractivity contribution in [3.8, 4) is 0 Å². The van der Waals surface area contributed by atoms with Gasteiger partial charge < -0.3 is 9.47 Å². The van der Waals surface area contributed by atoms with E-state index in [-0.39, 0.29) is 23.8 Å². The topological polar surface area (TPSA) is 52.6 Å². The van der Waals surface area contributed by atoms with Crippen molar-refractivity contribution in [1.82, 2.24) is 0 Å². The summed E-state index contributed by atoms with van der Waals surface area (Å²) in [5.41, 5.74) is 0. The van der Waals surface area contributed by atoms with E-state index < -0.39 is 0 Å². The molecular weight excluding hydrogens is 268 g/mol. The zero-order valence-electron chi connectivity index (χ0n) is 14.5. The van der Waals surface area contributed by atoms with Crippen LogP contribution in [-0.4, -0.2) is 25.2 Å². The predicted molar refractivity (Wildman–Crippen MR) is 83.8 cm³/mol. The Morgan fingerprint density at radius 2 is 1.10 bits per heavy atom. The molecule has 4 nitrogen and oxygen atoms in total. The van der Waals surface area contributed by atoms with Crippen LogP contribution >= 0.6 is 0 Å². The van der Waals surface area contributed by atoms with E-state index in [1.165, 1.54) is 0 Å². The Morgan fingerprint density at radius 1 is 0.762 bits per heavy atom. The zero-order chi connectivity index (χ0) is 16.4. The van der Waals surface area contributed by atoms with Crippen LogP contribution in [0.3, 0.4) is 0 Å². The minimum atomic E-state index is -0.222. The second-order valence-electron chi connectivity index (χ2n) is 6.49. The average Bonchev–Trinajstić information content (AvgIpc) is 2.43. The maximum absolute atomic E-state index is 12.0. The highest BCUT2D eigenvalue weighted by Gasteiger charge is 2.27. The summed E-state index contributed by atoms with van der Waals surface area (Å²) < 4.78 is 10.6. The van der Waals surface area contributed by atoms with Gasteiger partial charge in [0, 0.05) is 0 Å². The summed E-state index contributed by atoms with van der Waals surface area (Å²) in [6.07, 6.45) is 1.89. The Bertz CT molecular complexity index is 280. The van der Waals surface area contributed by atoms with E-state index in [2.05, 4.69) is 0 Å². The molecule has 0 heterocycles. The molecule has 2 unspecified atom stereocenters. The van der Waals surface area contributed by atoms with Crippen molar-refractivity contribution in [3.05, 3.63) is 0 Å². The molecule has 2 atom stereocenters. The summed E-state index contributed by atoms with van der Waals surface area (Å²) >= 11 is 0. The molecule has 0 rings (SSSR count). The van der Waals surface area contributed by atoms with Gasteiger partial charge in [0.15, 0.2) is 0 Å². The Kier molecular flexibility index (Phi) is 10.1. The van der Waals surface area contributed by atoms with Gasteiger partial charge in [0.05, 0.1) is 25.0 Å². The maximum atomic E-state index is 12.0. The molecule has 0 aliphatic rings. The zero-order valence-corrected chi connectivity index (χ0v) is 14.5. The van der Waals surface area contributed by atoms with E-state index in [4.69, 9.17) is 9.47 Å². The second kappa shape index (κ2) is 10.6. The molecule has 0 aromatic rings. The van der Waals surface area contributed by atoms with Crippen LogP contribution in [0.15, 0.2) is 0 Å². The van der Waals surface area contributed by atoms with Crippen LogP contribution in [0.1, 0.15) is 60.8 Å². The summed E-state index contributed by atoms with van der Waals surface area (Å²) in [4.78, 5) is 24.1. The van der Waals surface area contributed by atoms with Crippen LogP contribution < -0.4 is 0 Å². The van der Waals surface area contributed by atoms with E-state index in [1.54, 1.807) is 0 Å². The molecule has 0 spiro atoms. The minimum absolute atomic E-state index is 0.193. The van der Waals surface area contributed by atoms with Gasteiger partial charge in [0.2, 0.25) is 0 Å². The average molecular weight is 300 g/mol. The number of hydrogen-bond acceptors (Lipinski definition) is 4. The van der Waals surface area contributed by atoms with Gasteiger partial charge in [-0.2, -0.15) is 0 Å². The highest BCUT2D eigenvalue weighted by Crippen LogP contribution is 2.22. The first-order chi connectivity index (χ1) is 9.81. The molecule has 0 aliphatic carbocycles. The Balaban J connectivity index is 4.46. The van der Waals surface area contributed by atoms with Gasteiger partial charge in [-0.15, -0.1) is 0 Å². The minimum Gasteiger partial charge on any atom is -0.465 e. The van der Waals surface area contributed by atoms with Gasteiger partial charge in [-0.25, -0.2) is 0 Å². The van der Waals surface area contributed by atoms with Crippen LogP contribution in [0, 0.1) is 23.7 Å². The molecule has 0 aromatic heterocycles. The first-order valence-electron chi connectivity index (χ1n) is 8.14. The fraction of sp³-hybridized carbons (Fsp3) is 0.882. The predicted octanol–water partition coefficient (Wildman–Crippen LogP) is 3.83. The molecule has 0 N–H and O–H groups in total. The lowest BCUT2D eigenvalue weighted by molar-refractivity contribution is -0.154. The SMILES string of the molecule is CCC(CC(CC)C(=O)OCC(C)C)C(=O)OCC(C)C. The molecule has 0 saturated heterocycles. The van der Waals surface area contributed by atoms with Gasteiger partial charge >= 0.3 is 11.9 Å². The van der Waals surface area contributed by atoms with Crippen LogP contribution in [0.25, 0.3) is 0 Å². The lowest BCUT2D eigenvalue weighted by atomic mass is 9.91. The van der Waals surface area contributed by atoms with Crippen molar-refractivity contribution in [3.63, 3.8) is 0 Å². The van der Waals surface area contributed by atoms with Crippen molar-refractivity contribution in [2.45, 2.75) is 60.8 Å². The normalized spacial score (nSPS) is 14.1. The molecule has 0 aliphatic heterocycles. The first kappa shape index (κ1) is 19.9. The number of hydrogen-bond donors (Lipinski definition) is 0. The van der Waals surface area contributed by atoms with Crippen molar-refractivity contribution in [2.75, 3.05) is 13.2 Å². The largest absolute Gasteiger partial charge is 0.465 e. The van der Waals surface area contributed by atoms with Gasteiger partial charge in [0.25, 0.3) is 0 Å². The van der Waals surface area contributed by atoms with E-state index in [0.717, 1.165) is 0 Å². The third-order valence-corrected chi connectivity index (χ3v) is 3.34. The molecule has 0 saturated carbocycles. The monoisotopic (exact) mass is 300 g/mol. The fourth-order valence-electron chi connectivity index (χ4n) is 1.94. The first-order valence-corrected chi connectivity index (χ1v) is 8.14. The number of carbonyl (C=O) groups excluding carboxylic acids is 2. The lowest BCUT2D eigenvalue weighted by Crippen LogP contribution is -2.26. The van der Waals surface area contributed by atoms with Crippen molar-refractivity contribution >= 4 is 11.9 Å². The highest BCUT2D eigenvalue weighted by atomic mass is 16.5. The van der Waals surface area contributed by atoms with E-state index in [0.29, 0.717) is 44.3 Å². The van der Waals surface area contributed by atoms with Crippen LogP contribution in [0.5, 0.6) is 0 Å². The Morgan fingerprint density at radius 3 is 1.33 bits per heavy atom. The number of ether oxygens (including phenoxy) is 2. The van der Waals surface area contributed by atoms with Gasteiger partial charge in [-0.05, 0) is 31.1 Å². The van der Waals surface area contributed by atoms with Crippen LogP contribution in [0.2, 0.25) is 0 Å². The molecule has 0 fully saturated rings. The second-order valence-corrected chi connectivity index (χ2v) is 6.49. The lowest BCUT2D eigenvalue weighted by Gasteiger charge is -2.20. The summed E-state index contributed by atoms with van der Waals surface area (Å²) in [5, 5.41) is 0. The Labute approximate surface area is 129 Å². The third-order valence-electron chi connectivity index (χ3n) is 3.34. The molecule has 21 heavy (non-hydrogen) atoms. The smallest absolute Gasteiger partial charge is 0.308 e. The van der Waals surface area contributed by atoms with Crippen molar-refractivity contribution in [2.24, 2.45) is 23.7 Å². The molecule has 0 amide bonds. The summed E-state index contributed by atoms with van der Waals surface area (Å²) in [6, 6.07) is 0. The van der Waals surface area contributed by atoms with Crippen LogP contribution in [0.4, 0.5) is 0 Å². The fourth-order valence-corrected chi connectivity index (χ4v) is 1.94. The van der Waals surface area contributed by atoms with Gasteiger partial charge in [0.1, 0.15) is 0 Å². The van der Waals surface area contributed by atoms with Crippen molar-refractivity contribution in [1.29, 1.82) is 0 Å². The number of rotatable bonds is 10. The van der Waals surface area contributed by atoms with Crippen LogP contribution in [-0.2, 0) is 19.1 Å². The van der Waals surface area contributed by atoms with E-state index in [1.807, 2.05) is 41.5 Å². The molecule has 0 radical (unpaired) electrons. The standard InChI is InChI=1S/C17H32O4/c1-7-14(16(18)20-10-12(3)4)9-15(8-2)17(19)21-11-13(5)6/h12-15H,7-11H2,1-6H3. The molecule has 4 heteroatoms. The quantitative estimate of drug-likeness (QED) is 0.575. The highest BCUT2D eigenvalue weighted by molar-refractivity contribution is 5.76. The number of carbonyl (C=O) groups is 2. The summed E-state index contributed by atoms with van der Waals surface area (Å²) in [6.45, 7) is 12.8. The molecule has 124 valence electrons. The van der Waals surface area contributed by atoms with Crippen molar-refractivity contribution < 1.29 is 19.1 Å². The van der Waals surface area contributed by atoms with E-state index >= 15 is 0 Å².